The summed E-state index contributed by atoms with van der Waals surface area (Å²) in [6.45, 7) is 8.38. The number of nitrogens with two attached hydrogens (primary N) is 1. The molecule has 0 spiro atoms. The Bertz CT molecular complexity index is 3910. The van der Waals surface area contributed by atoms with Gasteiger partial charge in [0.25, 0.3) is 0 Å². The molecule has 0 bridgehead atoms. The van der Waals surface area contributed by atoms with Crippen molar-refractivity contribution in [3.05, 3.63) is 122 Å². The Morgan fingerprint density at radius 2 is 1.04 bits per heavy atom. The number of aryl methyl sites for hydroxylation is 2. The fourth-order valence-corrected chi connectivity index (χ4v) is 12.7. The average molecular weight is 1350 g/mol. The van der Waals surface area contributed by atoms with Crippen molar-refractivity contribution >= 4 is 137 Å². The number of piperidine rings is 2. The number of nitrogens with one attached hydrogen (secondary N) is 3. The fraction of sp³-hybridized carbons (Fsp3) is 0.379. The van der Waals surface area contributed by atoms with Gasteiger partial charge in [0.2, 0.25) is 11.2 Å². The van der Waals surface area contributed by atoms with Crippen LogP contribution in [-0.4, -0.2) is 160 Å². The van der Waals surface area contributed by atoms with Gasteiger partial charge in [-0.25, -0.2) is 26.8 Å². The van der Waals surface area contributed by atoms with Gasteiger partial charge in [-0.2, -0.15) is 9.97 Å². The van der Waals surface area contributed by atoms with E-state index in [1.165, 1.54) is 49.0 Å². The number of fused-ring (bicyclic) bond motifs is 2. The molecule has 2 aliphatic rings. The molecule has 22 nitrogen and oxygen atoms in total. The van der Waals surface area contributed by atoms with Gasteiger partial charge in [0.1, 0.15) is 23.1 Å². The Hall–Kier alpha value is -6.81. The predicted molar refractivity (Wildman–Crippen MR) is 348 cm³/mol. The van der Waals surface area contributed by atoms with Crippen molar-refractivity contribution in [2.75, 3.05) is 113 Å². The topological polar surface area (TPSA) is 265 Å². The zero-order valence-electron chi connectivity index (χ0n) is 49.2. The van der Waals surface area contributed by atoms with Crippen molar-refractivity contribution in [3.8, 4) is 11.5 Å². The molecule has 0 aliphatic carbocycles. The molecule has 2 saturated heterocycles. The standard InChI is InChI=1S/C29H35BrN8O3S.C15H25N3O.C14H11BrClN5O2S/c1-18-14-24(26(41-4)15-25(18)38-12-8-19(9-13-38)37(2)3)35-29-33-16-21(30)28(36-29)34-22-6-7-23-27(32-11-10-31-23)20(22)17-42(5,39)40;1-11-9-13(16)15(19-4)10-14(11)18-7-5-12(6-8-18)17(2)3;1-24(22,23)7-8-10(2-3-11-12(8)18-5-4-17-11)20-13-9(15)6-19-14(16)21-13/h6-7,10-11,14-16,19H,8-9,12-13,17H2,1-5H3,(H2,33,34,35,36);9-10,12H,5-8,16H2,1-4H3;2-6H,7H2,1H3,(H,19,20,21). The van der Waals surface area contributed by atoms with E-state index < -0.39 is 19.7 Å². The first-order chi connectivity index (χ1) is 40.4. The molecule has 4 aromatic carbocycles. The summed E-state index contributed by atoms with van der Waals surface area (Å²) in [4.78, 5) is 43.8. The van der Waals surface area contributed by atoms with Crippen LogP contribution >= 0.6 is 43.5 Å². The molecule has 452 valence electrons. The minimum absolute atomic E-state index is 0.0749. The molecule has 85 heavy (non-hydrogen) atoms. The summed E-state index contributed by atoms with van der Waals surface area (Å²) in [6, 6.07) is 16.6. The van der Waals surface area contributed by atoms with Crippen LogP contribution in [0.1, 0.15) is 47.9 Å². The third kappa shape index (κ3) is 16.8. The summed E-state index contributed by atoms with van der Waals surface area (Å²) in [7, 11) is 5.30. The van der Waals surface area contributed by atoms with Crippen molar-refractivity contribution in [1.29, 1.82) is 0 Å². The number of rotatable bonds is 16. The van der Waals surface area contributed by atoms with E-state index in [-0.39, 0.29) is 16.8 Å². The van der Waals surface area contributed by atoms with Crippen LogP contribution in [0.15, 0.2) is 94.7 Å². The second-order valence-electron chi connectivity index (χ2n) is 21.4. The van der Waals surface area contributed by atoms with Crippen LogP contribution < -0.4 is 41.0 Å². The maximum absolute atomic E-state index is 12.3. The van der Waals surface area contributed by atoms with Crippen LogP contribution in [0.3, 0.4) is 0 Å². The summed E-state index contributed by atoms with van der Waals surface area (Å²) in [6.07, 6.45) is 16.4. The van der Waals surface area contributed by atoms with Crippen molar-refractivity contribution < 1.29 is 26.3 Å². The number of aromatic nitrogens is 8. The van der Waals surface area contributed by atoms with Crippen molar-refractivity contribution in [2.45, 2.75) is 63.1 Å². The minimum Gasteiger partial charge on any atom is -0.495 e. The van der Waals surface area contributed by atoms with E-state index in [2.05, 4.69) is 168 Å². The van der Waals surface area contributed by atoms with E-state index in [9.17, 15) is 16.8 Å². The maximum atomic E-state index is 12.3. The number of nitrogen functional groups attached to an aromatic ring is 1. The van der Waals surface area contributed by atoms with Gasteiger partial charge in [-0.3, -0.25) is 19.9 Å². The second-order valence-corrected chi connectivity index (χ2v) is 27.7. The van der Waals surface area contributed by atoms with Gasteiger partial charge in [-0.15, -0.1) is 0 Å². The lowest BCUT2D eigenvalue weighted by Crippen LogP contribution is -2.42. The van der Waals surface area contributed by atoms with Crippen molar-refractivity contribution in [2.24, 2.45) is 0 Å². The van der Waals surface area contributed by atoms with E-state index >= 15 is 0 Å². The first-order valence-corrected chi connectivity index (χ1v) is 33.2. The normalized spacial score (nSPS) is 14.2. The highest BCUT2D eigenvalue weighted by Gasteiger charge is 2.26. The zero-order chi connectivity index (χ0) is 61.3. The highest BCUT2D eigenvalue weighted by atomic mass is 79.9. The third-order valence-corrected chi connectivity index (χ3v) is 17.6. The molecule has 0 radical (unpaired) electrons. The number of hydrogen-bond donors (Lipinski definition) is 4. The van der Waals surface area contributed by atoms with Crippen LogP contribution in [0.2, 0.25) is 5.28 Å². The molecule has 0 atom stereocenters. The summed E-state index contributed by atoms with van der Waals surface area (Å²) in [5, 5.41) is 9.73. The molecule has 5 N–H and O–H groups in total. The highest BCUT2D eigenvalue weighted by Crippen LogP contribution is 2.38. The Kier molecular flexibility index (Phi) is 21.3. The van der Waals surface area contributed by atoms with E-state index in [0.29, 0.717) is 94.6 Å². The van der Waals surface area contributed by atoms with Gasteiger partial charge in [0.05, 0.1) is 68.1 Å². The number of sulfone groups is 2. The molecule has 2 fully saturated rings. The lowest BCUT2D eigenvalue weighted by Gasteiger charge is -2.37. The van der Waals surface area contributed by atoms with Crippen molar-refractivity contribution in [1.82, 2.24) is 49.7 Å². The summed E-state index contributed by atoms with van der Waals surface area (Å²) in [5.41, 5.74) is 16.6. The lowest BCUT2D eigenvalue weighted by molar-refractivity contribution is 0.249. The molecule has 0 amide bonds. The van der Waals surface area contributed by atoms with Gasteiger partial charge in [-0.05, 0) is 159 Å². The average Bonchev–Trinajstić information content (AvgIpc) is 2.05. The largest absolute Gasteiger partial charge is 0.495 e. The molecule has 27 heteroatoms. The van der Waals surface area contributed by atoms with Gasteiger partial charge < -0.3 is 50.8 Å². The Balaban J connectivity index is 0.000000184. The van der Waals surface area contributed by atoms with Crippen LogP contribution in [-0.2, 0) is 31.2 Å². The Morgan fingerprint density at radius 1 is 0.600 bits per heavy atom. The van der Waals surface area contributed by atoms with E-state index in [1.54, 1.807) is 63.3 Å². The number of benzene rings is 4. The number of nitrogens with zero attached hydrogens (tertiary/aromatic N) is 12. The predicted octanol–water partition coefficient (Wildman–Crippen LogP) is 10.3. The molecule has 6 heterocycles. The van der Waals surface area contributed by atoms with Gasteiger partial charge in [0, 0.05) is 134 Å². The molecule has 0 unspecified atom stereocenters. The number of hydrogen-bond acceptors (Lipinski definition) is 22. The summed E-state index contributed by atoms with van der Waals surface area (Å²) in [5.74, 6) is 2.32. The first-order valence-electron chi connectivity index (χ1n) is 27.2. The lowest BCUT2D eigenvalue weighted by atomic mass is 10.0. The number of ether oxygens (including phenoxy) is 2. The van der Waals surface area contributed by atoms with Gasteiger partial charge in [-0.1, -0.05) is 0 Å². The number of halogens is 3. The number of anilines is 9. The Morgan fingerprint density at radius 3 is 1.49 bits per heavy atom. The molecule has 0 saturated carbocycles. The molecule has 2 aliphatic heterocycles. The minimum atomic E-state index is -3.36. The van der Waals surface area contributed by atoms with Gasteiger partial charge in [0.15, 0.2) is 19.7 Å². The smallest absolute Gasteiger partial charge is 0.229 e. The van der Waals surface area contributed by atoms with Crippen LogP contribution in [0, 0.1) is 13.8 Å². The third-order valence-electron chi connectivity index (χ3n) is 14.7. The van der Waals surface area contributed by atoms with Gasteiger partial charge >= 0.3 is 0 Å². The second kappa shape index (κ2) is 28.1. The molecule has 4 aromatic heterocycles. The fourth-order valence-electron chi connectivity index (χ4n) is 10.3. The SMILES string of the molecule is COc1cc(N2CCC(N(C)C)CC2)c(C)cc1N.COc1cc(N2CCC(N(C)C)CC2)c(C)cc1Nc1ncc(Br)c(Nc2ccc3nccnc3c2CS(C)(=O)=O)n1.CS(=O)(=O)Cc1c(Nc2nc(Cl)ncc2Br)ccc2nccnc12. The molecule has 10 rings (SSSR count). The first kappa shape index (κ1) is 64.2. The monoisotopic (exact) mass is 1340 g/mol. The van der Waals surface area contributed by atoms with Crippen molar-refractivity contribution in [3.63, 3.8) is 0 Å². The van der Waals surface area contributed by atoms with E-state index in [0.717, 1.165) is 61.7 Å². The summed E-state index contributed by atoms with van der Waals surface area (Å²) >= 11 is 12.7. The summed E-state index contributed by atoms with van der Waals surface area (Å²) < 4.78 is 60.6. The number of methoxy groups -OCH3 is 2. The highest BCUT2D eigenvalue weighted by molar-refractivity contribution is 9.11. The van der Waals surface area contributed by atoms with E-state index in [4.69, 9.17) is 26.8 Å². The van der Waals surface area contributed by atoms with Crippen LogP contribution in [0.25, 0.3) is 22.1 Å². The molecular formula is C58H71Br2ClN16O6S2. The van der Waals surface area contributed by atoms with Crippen LogP contribution in [0.5, 0.6) is 11.5 Å². The molecule has 8 aromatic rings. The van der Waals surface area contributed by atoms with Crippen LogP contribution in [0.4, 0.5) is 51.7 Å². The molecular weight excluding hydrogens is 1280 g/mol. The quantitative estimate of drug-likeness (QED) is 0.0517. The maximum Gasteiger partial charge on any atom is 0.229 e. The Labute approximate surface area is 518 Å². The van der Waals surface area contributed by atoms with E-state index in [1.807, 2.05) is 6.07 Å². The zero-order valence-corrected chi connectivity index (χ0v) is 54.7.